The molecule has 0 fully saturated rings. The average Bonchev–Trinajstić information content (AvgIpc) is 2.81. The van der Waals surface area contributed by atoms with Crippen molar-refractivity contribution in [2.75, 3.05) is 39.6 Å². The number of aliphatic carboxylic acids is 2. The molecule has 0 bridgehead atoms. The molecule has 0 aliphatic heterocycles. The van der Waals surface area contributed by atoms with Crippen LogP contribution in [0.5, 0.6) is 0 Å². The lowest BCUT2D eigenvalue weighted by Gasteiger charge is -1.96. The standard InChI is InChI=1S/2C3H7NO3.2C3H8O2.2C2H6O.2CH2O2/c2*4-2(1-5)3(6)7;2*1-3(5)2-4;2*1-2-3;2*2-1-3/h2*2,5H,1,4H2,(H,6,7);2*3-5H,2H2,1H3;2*3H,2H2,1H3;2*1H,(H,2,3)/t2*2-;;;;;;/m00....../s1. The molecule has 224 valence electrons. The largest absolute Gasteiger partial charge is 0.483 e. The highest BCUT2D eigenvalue weighted by Crippen LogP contribution is 1.72. The fraction of sp³-hybridized carbons (Fsp3) is 0.778. The Hall–Kier alpha value is -2.52. The quantitative estimate of drug-likeness (QED) is 0.138. The van der Waals surface area contributed by atoms with Crippen molar-refractivity contribution in [1.29, 1.82) is 0 Å². The number of aliphatic hydroxyl groups is 8. The van der Waals surface area contributed by atoms with E-state index in [1.165, 1.54) is 13.8 Å². The lowest BCUT2D eigenvalue weighted by atomic mass is 10.3. The Morgan fingerprint density at radius 1 is 0.639 bits per heavy atom. The van der Waals surface area contributed by atoms with E-state index in [9.17, 15) is 9.59 Å². The van der Waals surface area contributed by atoms with Crippen LogP contribution in [0.2, 0.25) is 0 Å². The van der Waals surface area contributed by atoms with Crippen molar-refractivity contribution in [3.05, 3.63) is 0 Å². The Kier molecular flexibility index (Phi) is 88.2. The molecule has 18 heteroatoms. The second-order valence-corrected chi connectivity index (χ2v) is 5.16. The van der Waals surface area contributed by atoms with Gasteiger partial charge in [0.15, 0.2) is 0 Å². The van der Waals surface area contributed by atoms with Gasteiger partial charge in [-0.05, 0) is 27.7 Å². The van der Waals surface area contributed by atoms with Crippen LogP contribution in [-0.2, 0) is 19.2 Å². The lowest BCUT2D eigenvalue weighted by molar-refractivity contribution is -0.140. The van der Waals surface area contributed by atoms with Gasteiger partial charge in [0.2, 0.25) is 0 Å². The summed E-state index contributed by atoms with van der Waals surface area (Å²) in [5.74, 6) is -2.36. The first kappa shape index (κ1) is 54.4. The van der Waals surface area contributed by atoms with Crippen LogP contribution in [0.1, 0.15) is 27.7 Å². The van der Waals surface area contributed by atoms with Crippen molar-refractivity contribution in [3.8, 4) is 0 Å². The summed E-state index contributed by atoms with van der Waals surface area (Å²) < 4.78 is 0. The van der Waals surface area contributed by atoms with E-state index in [0.29, 0.717) is 0 Å². The Bertz CT molecular complexity index is 365. The average molecular weight is 547 g/mol. The van der Waals surface area contributed by atoms with Crippen LogP contribution in [0.3, 0.4) is 0 Å². The molecular formula is C18H46N2O16. The first-order chi connectivity index (χ1) is 16.6. The second kappa shape index (κ2) is 58.4. The van der Waals surface area contributed by atoms with Crippen LogP contribution in [0.25, 0.3) is 0 Å². The zero-order valence-corrected chi connectivity index (χ0v) is 20.9. The summed E-state index contributed by atoms with van der Waals surface area (Å²) in [6.45, 7) is 5.13. The maximum atomic E-state index is 9.65. The van der Waals surface area contributed by atoms with Gasteiger partial charge in [-0.25, -0.2) is 0 Å². The molecule has 0 aliphatic rings. The molecule has 0 aromatic rings. The normalized spacial score (nSPS) is 11.1. The van der Waals surface area contributed by atoms with Crippen molar-refractivity contribution in [1.82, 2.24) is 0 Å². The first-order valence-corrected chi connectivity index (χ1v) is 9.70. The van der Waals surface area contributed by atoms with Gasteiger partial charge in [-0.2, -0.15) is 0 Å². The summed E-state index contributed by atoms with van der Waals surface area (Å²) >= 11 is 0. The summed E-state index contributed by atoms with van der Waals surface area (Å²) in [7, 11) is 0. The number of rotatable bonds is 6. The van der Waals surface area contributed by atoms with Crippen LogP contribution in [-0.4, -0.2) is 150 Å². The molecule has 18 nitrogen and oxygen atoms in total. The third kappa shape index (κ3) is 161. The Balaban J connectivity index is -0.0000000427. The Morgan fingerprint density at radius 2 is 0.750 bits per heavy atom. The number of carbonyl (C=O) groups is 4. The molecule has 0 radical (unpaired) electrons. The van der Waals surface area contributed by atoms with Gasteiger partial charge in [0.1, 0.15) is 12.1 Å². The number of hydrogen-bond acceptors (Lipinski definition) is 14. The van der Waals surface area contributed by atoms with E-state index in [2.05, 4.69) is 0 Å². The fourth-order valence-electron chi connectivity index (χ4n) is 0.156. The van der Waals surface area contributed by atoms with Crippen LogP contribution >= 0.6 is 0 Å². The van der Waals surface area contributed by atoms with Gasteiger partial charge in [-0.1, -0.05) is 0 Å². The Morgan fingerprint density at radius 3 is 0.750 bits per heavy atom. The maximum absolute atomic E-state index is 9.65. The van der Waals surface area contributed by atoms with Gasteiger partial charge in [0, 0.05) is 13.2 Å². The van der Waals surface area contributed by atoms with E-state index in [1.54, 1.807) is 13.8 Å². The number of hydrogen-bond donors (Lipinski definition) is 14. The van der Waals surface area contributed by atoms with Gasteiger partial charge in [-0.3, -0.25) is 19.2 Å². The minimum absolute atomic E-state index is 0.139. The molecule has 2 unspecified atom stereocenters. The number of nitrogens with two attached hydrogens (primary N) is 2. The van der Waals surface area contributed by atoms with E-state index in [0.717, 1.165) is 0 Å². The second-order valence-electron chi connectivity index (χ2n) is 5.16. The van der Waals surface area contributed by atoms with Gasteiger partial charge >= 0.3 is 11.9 Å². The maximum Gasteiger partial charge on any atom is 0.322 e. The minimum atomic E-state index is -1.18. The summed E-state index contributed by atoms with van der Waals surface area (Å²) in [6, 6.07) is -2.25. The predicted octanol–water partition coefficient (Wildman–Crippen LogP) is -5.10. The Labute approximate surface area is 209 Å². The first-order valence-electron chi connectivity index (χ1n) is 9.70. The van der Waals surface area contributed by atoms with E-state index in [-0.39, 0.29) is 39.4 Å². The smallest absolute Gasteiger partial charge is 0.322 e. The SMILES string of the molecule is CC(O)CO.CC(O)CO.CCO.CCO.N[C@@H](CO)C(=O)O.N[C@@H](CO)C(=O)O.O=CO.O=CO. The fourth-order valence-corrected chi connectivity index (χ4v) is 0.156. The zero-order chi connectivity index (χ0) is 31.1. The summed E-state index contributed by atoms with van der Waals surface area (Å²) in [4.78, 5) is 36.0. The van der Waals surface area contributed by atoms with Gasteiger partial charge in [0.05, 0.1) is 38.6 Å². The zero-order valence-electron chi connectivity index (χ0n) is 20.9. The molecule has 0 saturated carbocycles. The molecule has 0 aliphatic carbocycles. The van der Waals surface area contributed by atoms with Crippen molar-refractivity contribution < 1.29 is 80.5 Å². The van der Waals surface area contributed by atoms with Crippen LogP contribution in [0, 0.1) is 0 Å². The highest BCUT2D eigenvalue weighted by molar-refractivity contribution is 5.73. The molecule has 0 heterocycles. The highest BCUT2D eigenvalue weighted by Gasteiger charge is 2.07. The van der Waals surface area contributed by atoms with Crippen LogP contribution in [0.4, 0.5) is 0 Å². The van der Waals surface area contributed by atoms with E-state index in [4.69, 9.17) is 82.3 Å². The van der Waals surface area contributed by atoms with Crippen molar-refractivity contribution in [3.63, 3.8) is 0 Å². The molecule has 4 atom stereocenters. The lowest BCUT2D eigenvalue weighted by Crippen LogP contribution is -2.33. The monoisotopic (exact) mass is 546 g/mol. The molecule has 0 aromatic heterocycles. The number of carboxylic acids is 2. The number of aliphatic hydroxyl groups excluding tert-OH is 8. The summed E-state index contributed by atoms with van der Waals surface area (Å²) in [6.07, 6.45) is -1.12. The molecule has 16 N–H and O–H groups in total. The van der Waals surface area contributed by atoms with Crippen LogP contribution < -0.4 is 11.5 Å². The third-order valence-electron chi connectivity index (χ3n) is 1.56. The summed E-state index contributed by atoms with van der Waals surface area (Å²) in [5, 5.41) is 92.7. The summed E-state index contributed by atoms with van der Waals surface area (Å²) in [5.41, 5.74) is 9.53. The number of carboxylic acid groups (broad SMARTS) is 4. The topological polar surface area (TPSA) is 363 Å². The molecule has 0 rings (SSSR count). The van der Waals surface area contributed by atoms with Gasteiger partial charge in [0.25, 0.3) is 12.9 Å². The van der Waals surface area contributed by atoms with E-state index < -0.39 is 49.4 Å². The minimum Gasteiger partial charge on any atom is -0.483 e. The van der Waals surface area contributed by atoms with E-state index in [1.807, 2.05) is 0 Å². The van der Waals surface area contributed by atoms with Crippen molar-refractivity contribution >= 4 is 24.9 Å². The highest BCUT2D eigenvalue weighted by atomic mass is 16.4. The molecule has 0 amide bonds. The molecule has 0 saturated heterocycles. The third-order valence-corrected chi connectivity index (χ3v) is 1.56. The van der Waals surface area contributed by atoms with Crippen LogP contribution in [0.15, 0.2) is 0 Å². The molecule has 0 spiro atoms. The molecule has 0 aromatic carbocycles. The predicted molar refractivity (Wildman–Crippen MR) is 126 cm³/mol. The van der Waals surface area contributed by atoms with Gasteiger partial charge < -0.3 is 72.7 Å². The van der Waals surface area contributed by atoms with Gasteiger partial charge in [-0.15, -0.1) is 0 Å². The van der Waals surface area contributed by atoms with Crippen molar-refractivity contribution in [2.24, 2.45) is 11.5 Å². The molecule has 36 heavy (non-hydrogen) atoms. The van der Waals surface area contributed by atoms with Crippen molar-refractivity contribution in [2.45, 2.75) is 52.0 Å². The molecular weight excluding hydrogens is 500 g/mol. The van der Waals surface area contributed by atoms with E-state index >= 15 is 0 Å².